The summed E-state index contributed by atoms with van der Waals surface area (Å²) in [6, 6.07) is 4.57. The van der Waals surface area contributed by atoms with Gasteiger partial charge in [-0.1, -0.05) is 15.9 Å². The van der Waals surface area contributed by atoms with Crippen LogP contribution in [0.3, 0.4) is 0 Å². The van der Waals surface area contributed by atoms with Crippen LogP contribution in [0.5, 0.6) is 0 Å². The maximum absolute atomic E-state index is 13.2. The lowest BCUT2D eigenvalue weighted by molar-refractivity contribution is 0.621. The number of benzene rings is 1. The average Bonchev–Trinajstić information content (AvgIpc) is 2.29. The summed E-state index contributed by atoms with van der Waals surface area (Å²) in [5.41, 5.74) is 1.31. The summed E-state index contributed by atoms with van der Waals surface area (Å²) in [4.78, 5) is 16.1. The van der Waals surface area contributed by atoms with Gasteiger partial charge < -0.3 is 0 Å². The molecule has 6 heteroatoms. The molecule has 18 heavy (non-hydrogen) atoms. The van der Waals surface area contributed by atoms with Crippen molar-refractivity contribution < 1.29 is 4.39 Å². The lowest BCUT2D eigenvalue weighted by atomic mass is 10.2. The van der Waals surface area contributed by atoms with Gasteiger partial charge in [0.25, 0.3) is 5.56 Å². The van der Waals surface area contributed by atoms with Crippen LogP contribution in [0.2, 0.25) is 0 Å². The summed E-state index contributed by atoms with van der Waals surface area (Å²) in [7, 11) is 0. The normalized spacial score (nSPS) is 10.7. The van der Waals surface area contributed by atoms with Crippen LogP contribution in [0.25, 0.3) is 0 Å². The smallest absolute Gasteiger partial charge is 0.267 e. The summed E-state index contributed by atoms with van der Waals surface area (Å²) in [6.45, 7) is 2.09. The van der Waals surface area contributed by atoms with Crippen LogP contribution >= 0.6 is 38.5 Å². The number of rotatable bonds is 2. The highest BCUT2D eigenvalue weighted by atomic mass is 127. The van der Waals surface area contributed by atoms with E-state index in [1.54, 1.807) is 13.0 Å². The lowest BCUT2D eigenvalue weighted by Gasteiger charge is -2.07. The molecule has 0 saturated carbocycles. The molecule has 0 N–H and O–H groups in total. The maximum Gasteiger partial charge on any atom is 0.267 e. The van der Waals surface area contributed by atoms with Crippen molar-refractivity contribution in [3.63, 3.8) is 0 Å². The molecule has 0 spiro atoms. The molecule has 0 aliphatic rings. The van der Waals surface area contributed by atoms with Crippen molar-refractivity contribution in [1.82, 2.24) is 9.55 Å². The van der Waals surface area contributed by atoms with E-state index in [9.17, 15) is 9.18 Å². The Hall–Kier alpha value is -0.760. The molecule has 0 unspecified atom stereocenters. The molecule has 0 aliphatic heterocycles. The fraction of sp³-hybridized carbons (Fsp3) is 0.167. The molecule has 1 heterocycles. The molecule has 3 nitrogen and oxygen atoms in total. The number of aryl methyl sites for hydroxylation is 1. The predicted octanol–water partition coefficient (Wildman–Crippen LogP) is 3.11. The summed E-state index contributed by atoms with van der Waals surface area (Å²) in [5.74, 6) is -0.331. The predicted molar refractivity (Wildman–Crippen MR) is 79.2 cm³/mol. The second-order valence-corrected chi connectivity index (χ2v) is 5.85. The van der Waals surface area contributed by atoms with Gasteiger partial charge in [0.05, 0.1) is 22.1 Å². The summed E-state index contributed by atoms with van der Waals surface area (Å²) in [5, 5.41) is 0. The largest absolute Gasteiger partial charge is 0.294 e. The Morgan fingerprint density at radius 1 is 1.44 bits per heavy atom. The molecule has 1 aromatic carbocycles. The third-order valence-corrected chi connectivity index (χ3v) is 4.13. The van der Waals surface area contributed by atoms with E-state index in [-0.39, 0.29) is 11.4 Å². The highest BCUT2D eigenvalue weighted by Crippen LogP contribution is 2.15. The number of halogens is 3. The van der Waals surface area contributed by atoms with Gasteiger partial charge in [-0.15, -0.1) is 0 Å². The van der Waals surface area contributed by atoms with E-state index < -0.39 is 0 Å². The highest BCUT2D eigenvalue weighted by Gasteiger charge is 2.07. The second kappa shape index (κ2) is 5.48. The summed E-state index contributed by atoms with van der Waals surface area (Å²) < 4.78 is 15.9. The van der Waals surface area contributed by atoms with Crippen LogP contribution in [0.1, 0.15) is 11.3 Å². The Labute approximate surface area is 125 Å². The summed E-state index contributed by atoms with van der Waals surface area (Å²) >= 11 is 5.20. The van der Waals surface area contributed by atoms with Crippen molar-refractivity contribution in [2.24, 2.45) is 0 Å². The van der Waals surface area contributed by atoms with Gasteiger partial charge >= 0.3 is 0 Å². The molecular weight excluding hydrogens is 414 g/mol. The first-order valence-electron chi connectivity index (χ1n) is 5.14. The van der Waals surface area contributed by atoms with Crippen LogP contribution in [0.15, 0.2) is 33.8 Å². The fourth-order valence-electron chi connectivity index (χ4n) is 1.56. The van der Waals surface area contributed by atoms with Gasteiger partial charge in [0.2, 0.25) is 0 Å². The number of aromatic nitrogens is 2. The third-order valence-electron chi connectivity index (χ3n) is 2.43. The zero-order chi connectivity index (χ0) is 13.3. The minimum absolute atomic E-state index is 0.108. The highest BCUT2D eigenvalue weighted by molar-refractivity contribution is 14.1. The van der Waals surface area contributed by atoms with E-state index in [1.165, 1.54) is 23.0 Å². The molecular formula is C12H9BrFIN2O. The van der Waals surface area contributed by atoms with Crippen LogP contribution in [-0.4, -0.2) is 9.55 Å². The maximum atomic E-state index is 13.2. The van der Waals surface area contributed by atoms with Gasteiger partial charge in [-0.3, -0.25) is 9.36 Å². The molecule has 0 bridgehead atoms. The molecule has 0 aliphatic carbocycles. The molecule has 0 radical (unpaired) electrons. The van der Waals surface area contributed by atoms with E-state index in [4.69, 9.17) is 0 Å². The van der Waals surface area contributed by atoms with Gasteiger partial charge in [-0.25, -0.2) is 9.37 Å². The standard InChI is InChI=1S/C12H9BrFIN2O/c1-7-11(15)12(18)17(6-16-7)5-8-2-9(13)4-10(14)3-8/h2-4,6H,5H2,1H3. The van der Waals surface area contributed by atoms with Gasteiger partial charge in [0.1, 0.15) is 5.82 Å². The Balaban J connectivity index is 2.40. The first kappa shape index (κ1) is 13.7. The molecule has 94 valence electrons. The number of nitrogens with zero attached hydrogens (tertiary/aromatic N) is 2. The van der Waals surface area contributed by atoms with E-state index in [1.807, 2.05) is 22.6 Å². The van der Waals surface area contributed by atoms with Crippen molar-refractivity contribution in [1.29, 1.82) is 0 Å². The van der Waals surface area contributed by atoms with Crippen LogP contribution < -0.4 is 5.56 Å². The average molecular weight is 423 g/mol. The van der Waals surface area contributed by atoms with Gasteiger partial charge in [-0.2, -0.15) is 0 Å². The van der Waals surface area contributed by atoms with Crippen molar-refractivity contribution >= 4 is 38.5 Å². The zero-order valence-corrected chi connectivity index (χ0v) is 13.2. The van der Waals surface area contributed by atoms with Crippen molar-refractivity contribution in [2.75, 3.05) is 0 Å². The summed E-state index contributed by atoms with van der Waals surface area (Å²) in [6.07, 6.45) is 1.48. The number of hydrogen-bond acceptors (Lipinski definition) is 2. The molecule has 0 fully saturated rings. The van der Waals surface area contributed by atoms with E-state index in [0.717, 1.165) is 0 Å². The quantitative estimate of drug-likeness (QED) is 0.697. The van der Waals surface area contributed by atoms with E-state index in [0.29, 0.717) is 25.8 Å². The fourth-order valence-corrected chi connectivity index (χ4v) is 2.52. The Bertz CT molecular complexity index is 637. The minimum atomic E-state index is -0.331. The van der Waals surface area contributed by atoms with Gasteiger partial charge in [0.15, 0.2) is 0 Å². The molecule has 0 amide bonds. The minimum Gasteiger partial charge on any atom is -0.294 e. The third kappa shape index (κ3) is 2.97. The Kier molecular flexibility index (Phi) is 4.16. The number of hydrogen-bond donors (Lipinski definition) is 0. The first-order valence-corrected chi connectivity index (χ1v) is 7.01. The second-order valence-electron chi connectivity index (χ2n) is 3.85. The molecule has 1 aromatic heterocycles. The van der Waals surface area contributed by atoms with Gasteiger partial charge in [0, 0.05) is 4.47 Å². The molecule has 2 rings (SSSR count). The monoisotopic (exact) mass is 422 g/mol. The zero-order valence-electron chi connectivity index (χ0n) is 9.45. The van der Waals surface area contributed by atoms with Crippen LogP contribution in [0.4, 0.5) is 4.39 Å². The molecule has 0 atom stereocenters. The van der Waals surface area contributed by atoms with E-state index >= 15 is 0 Å². The van der Waals surface area contributed by atoms with Crippen molar-refractivity contribution in [3.8, 4) is 0 Å². The molecule has 2 aromatic rings. The van der Waals surface area contributed by atoms with Crippen molar-refractivity contribution in [3.05, 3.63) is 60.0 Å². The van der Waals surface area contributed by atoms with Crippen LogP contribution in [0, 0.1) is 16.3 Å². The SMILES string of the molecule is Cc1ncn(Cc2cc(F)cc(Br)c2)c(=O)c1I. The Morgan fingerprint density at radius 3 is 2.83 bits per heavy atom. The van der Waals surface area contributed by atoms with Crippen molar-refractivity contribution in [2.45, 2.75) is 13.5 Å². The lowest BCUT2D eigenvalue weighted by Crippen LogP contribution is -2.24. The Morgan fingerprint density at radius 2 is 2.17 bits per heavy atom. The van der Waals surface area contributed by atoms with Crippen LogP contribution in [-0.2, 0) is 6.54 Å². The topological polar surface area (TPSA) is 34.9 Å². The molecule has 0 saturated heterocycles. The first-order chi connectivity index (χ1) is 8.47. The van der Waals surface area contributed by atoms with E-state index in [2.05, 4.69) is 20.9 Å². The van der Waals surface area contributed by atoms with Gasteiger partial charge in [-0.05, 0) is 53.3 Å².